The highest BCUT2D eigenvalue weighted by atomic mass is 16.6. The molecule has 1 aromatic carbocycles. The molecule has 5 rings (SSSR count). The normalized spacial score (nSPS) is 41.6. The van der Waals surface area contributed by atoms with Crippen molar-refractivity contribution in [3.63, 3.8) is 0 Å². The van der Waals surface area contributed by atoms with E-state index in [1.165, 1.54) is 6.42 Å². The molecule has 21 heavy (non-hydrogen) atoms. The summed E-state index contributed by atoms with van der Waals surface area (Å²) in [5.74, 6) is 2.89. The minimum Gasteiger partial charge on any atom is -0.391 e. The van der Waals surface area contributed by atoms with E-state index in [2.05, 4.69) is 17.3 Å². The van der Waals surface area contributed by atoms with Crippen LogP contribution in [-0.4, -0.2) is 17.6 Å². The highest BCUT2D eigenvalue weighted by Gasteiger charge is 2.60. The van der Waals surface area contributed by atoms with Crippen LogP contribution in [0.15, 0.2) is 47.6 Å². The third-order valence-corrected chi connectivity index (χ3v) is 5.88. The Balaban J connectivity index is 1.44. The summed E-state index contributed by atoms with van der Waals surface area (Å²) in [4.78, 5) is 18.4. The molecule has 0 aromatic heterocycles. The Morgan fingerprint density at radius 3 is 2.76 bits per heavy atom. The molecule has 106 valence electrons. The molecule has 0 unspecified atom stereocenters. The topological polar surface area (TPSA) is 38.7 Å². The second kappa shape index (κ2) is 4.06. The maximum absolute atomic E-state index is 12.7. The quantitative estimate of drug-likeness (QED) is 0.616. The molecule has 0 saturated heterocycles. The summed E-state index contributed by atoms with van der Waals surface area (Å²) >= 11 is 0. The molecule has 3 heteroatoms. The van der Waals surface area contributed by atoms with Crippen molar-refractivity contribution in [1.82, 2.24) is 0 Å². The Morgan fingerprint density at radius 2 is 1.90 bits per heavy atom. The van der Waals surface area contributed by atoms with Crippen LogP contribution in [0.4, 0.5) is 0 Å². The summed E-state index contributed by atoms with van der Waals surface area (Å²) in [5.41, 5.74) is 1.37. The van der Waals surface area contributed by atoms with E-state index in [9.17, 15) is 4.79 Å². The van der Waals surface area contributed by atoms with Crippen LogP contribution in [0, 0.1) is 29.6 Å². The molecule has 1 heterocycles. The fourth-order valence-corrected chi connectivity index (χ4v) is 5.02. The van der Waals surface area contributed by atoms with E-state index >= 15 is 0 Å². The number of rotatable bonds is 2. The zero-order valence-electron chi connectivity index (χ0n) is 11.7. The number of allylic oxidation sites excluding steroid dienone is 2. The van der Waals surface area contributed by atoms with Crippen molar-refractivity contribution < 1.29 is 9.63 Å². The number of benzene rings is 1. The predicted molar refractivity (Wildman–Crippen MR) is 78.9 cm³/mol. The van der Waals surface area contributed by atoms with Gasteiger partial charge in [-0.2, -0.15) is 0 Å². The van der Waals surface area contributed by atoms with Gasteiger partial charge in [0.1, 0.15) is 11.8 Å². The zero-order chi connectivity index (χ0) is 14.0. The first-order valence-electron chi connectivity index (χ1n) is 7.85. The Kier molecular flexibility index (Phi) is 2.27. The number of ketones is 1. The molecule has 2 saturated carbocycles. The standard InChI is InChI=1S/C18H17NO2/c20-17(10-4-2-1-3-5-10)16-14-9-13-11-6-7-12(8-11)15(13)18(14)21-19-16/h1-7,11-15,18H,8-9H2/t11-,12-,13-,14+,15-,18+/m0/s1. The SMILES string of the molecule is O=C(C1=NO[C@H]2[C@@H]3[C@@H](C[C@H]12)[C@H]1C=C[C@H]3C1)c1ccccc1. The van der Waals surface area contributed by atoms with E-state index in [0.717, 1.165) is 12.0 Å². The van der Waals surface area contributed by atoms with Crippen molar-refractivity contribution in [2.45, 2.75) is 18.9 Å². The van der Waals surface area contributed by atoms with Crippen molar-refractivity contribution in [3.8, 4) is 0 Å². The van der Waals surface area contributed by atoms with E-state index in [-0.39, 0.29) is 17.8 Å². The Labute approximate surface area is 123 Å². The molecule has 0 amide bonds. The van der Waals surface area contributed by atoms with Crippen LogP contribution in [0.2, 0.25) is 0 Å². The van der Waals surface area contributed by atoms with Crippen molar-refractivity contribution in [3.05, 3.63) is 48.0 Å². The van der Waals surface area contributed by atoms with Crippen molar-refractivity contribution >= 4 is 11.5 Å². The van der Waals surface area contributed by atoms with Gasteiger partial charge >= 0.3 is 0 Å². The van der Waals surface area contributed by atoms with Gasteiger partial charge in [-0.1, -0.05) is 47.6 Å². The number of oxime groups is 1. The molecule has 0 radical (unpaired) electrons. The average Bonchev–Trinajstić information content (AvgIpc) is 3.25. The summed E-state index contributed by atoms with van der Waals surface area (Å²) in [6.45, 7) is 0. The lowest BCUT2D eigenvalue weighted by molar-refractivity contribution is 0.0268. The van der Waals surface area contributed by atoms with Crippen molar-refractivity contribution in [1.29, 1.82) is 0 Å². The van der Waals surface area contributed by atoms with E-state index in [1.807, 2.05) is 30.3 Å². The second-order valence-corrected chi connectivity index (χ2v) is 6.77. The summed E-state index contributed by atoms with van der Waals surface area (Å²) in [6, 6.07) is 9.44. The van der Waals surface area contributed by atoms with E-state index in [0.29, 0.717) is 29.4 Å². The van der Waals surface area contributed by atoms with Crippen LogP contribution >= 0.6 is 0 Å². The maximum Gasteiger partial charge on any atom is 0.211 e. The molecule has 3 nitrogen and oxygen atoms in total. The maximum atomic E-state index is 12.7. The van der Waals surface area contributed by atoms with Gasteiger partial charge in [0, 0.05) is 17.4 Å². The number of fused-ring (bicyclic) bond motifs is 7. The summed E-state index contributed by atoms with van der Waals surface area (Å²) in [5, 5.41) is 4.18. The second-order valence-electron chi connectivity index (χ2n) is 6.77. The minimum atomic E-state index is 0.0448. The molecule has 1 aliphatic heterocycles. The van der Waals surface area contributed by atoms with Gasteiger partial charge in [-0.15, -0.1) is 0 Å². The largest absolute Gasteiger partial charge is 0.391 e. The first-order valence-corrected chi connectivity index (χ1v) is 7.85. The molecule has 4 aliphatic rings. The zero-order valence-corrected chi connectivity index (χ0v) is 11.7. The van der Waals surface area contributed by atoms with E-state index in [1.54, 1.807) is 0 Å². The number of hydrogen-bond acceptors (Lipinski definition) is 3. The fourth-order valence-electron chi connectivity index (χ4n) is 5.02. The number of Topliss-reactive ketones (excluding diaryl/α,β-unsaturated/α-hetero) is 1. The summed E-state index contributed by atoms with van der Waals surface area (Å²) in [7, 11) is 0. The molecular formula is C18H17NO2. The first kappa shape index (κ1) is 11.7. The van der Waals surface area contributed by atoms with E-state index in [4.69, 9.17) is 4.84 Å². The van der Waals surface area contributed by atoms with Gasteiger partial charge in [0.2, 0.25) is 5.78 Å². The van der Waals surface area contributed by atoms with Gasteiger partial charge in [0.25, 0.3) is 0 Å². The lowest BCUT2D eigenvalue weighted by Gasteiger charge is -2.23. The van der Waals surface area contributed by atoms with Gasteiger partial charge < -0.3 is 4.84 Å². The first-order chi connectivity index (χ1) is 10.3. The van der Waals surface area contributed by atoms with Gasteiger partial charge in [-0.05, 0) is 30.6 Å². The van der Waals surface area contributed by atoms with Crippen LogP contribution in [0.1, 0.15) is 23.2 Å². The summed E-state index contributed by atoms with van der Waals surface area (Å²) < 4.78 is 0. The molecule has 3 aliphatic carbocycles. The average molecular weight is 279 g/mol. The van der Waals surface area contributed by atoms with Crippen LogP contribution in [0.3, 0.4) is 0 Å². The van der Waals surface area contributed by atoms with Gasteiger partial charge in [-0.3, -0.25) is 4.79 Å². The predicted octanol–water partition coefficient (Wildman–Crippen LogP) is 3.08. The Bertz CT molecular complexity index is 663. The molecule has 6 atom stereocenters. The van der Waals surface area contributed by atoms with Crippen LogP contribution in [0.5, 0.6) is 0 Å². The molecule has 1 aromatic rings. The van der Waals surface area contributed by atoms with Crippen LogP contribution in [0.25, 0.3) is 0 Å². The molecule has 0 spiro atoms. The lowest BCUT2D eigenvalue weighted by atomic mass is 9.85. The fraction of sp³-hybridized carbons (Fsp3) is 0.444. The molecular weight excluding hydrogens is 262 g/mol. The highest BCUT2D eigenvalue weighted by Crippen LogP contribution is 2.59. The van der Waals surface area contributed by atoms with Crippen LogP contribution in [-0.2, 0) is 4.84 Å². The third kappa shape index (κ3) is 1.49. The summed E-state index contributed by atoms with van der Waals surface area (Å²) in [6.07, 6.45) is 7.22. The van der Waals surface area contributed by atoms with Crippen molar-refractivity contribution in [2.24, 2.45) is 34.7 Å². The molecule has 2 fully saturated rings. The van der Waals surface area contributed by atoms with Crippen molar-refractivity contribution in [2.75, 3.05) is 0 Å². The number of carbonyl (C=O) groups is 1. The van der Waals surface area contributed by atoms with Gasteiger partial charge in [0.15, 0.2) is 0 Å². The lowest BCUT2D eigenvalue weighted by Crippen LogP contribution is -2.29. The smallest absolute Gasteiger partial charge is 0.211 e. The number of nitrogens with zero attached hydrogens (tertiary/aromatic N) is 1. The monoisotopic (exact) mass is 279 g/mol. The Morgan fingerprint density at radius 1 is 1.10 bits per heavy atom. The number of hydrogen-bond donors (Lipinski definition) is 0. The Hall–Kier alpha value is -1.90. The highest BCUT2D eigenvalue weighted by molar-refractivity contribution is 6.47. The van der Waals surface area contributed by atoms with Crippen LogP contribution < -0.4 is 0 Å². The third-order valence-electron chi connectivity index (χ3n) is 5.88. The number of carbonyl (C=O) groups excluding carboxylic acids is 1. The van der Waals surface area contributed by atoms with Gasteiger partial charge in [0.05, 0.1) is 0 Å². The molecule has 2 bridgehead atoms. The minimum absolute atomic E-state index is 0.0448. The molecule has 0 N–H and O–H groups in total. The van der Waals surface area contributed by atoms with E-state index < -0.39 is 0 Å². The van der Waals surface area contributed by atoms with Gasteiger partial charge in [-0.25, -0.2) is 0 Å².